The number of hydrogen-bond donors (Lipinski definition) is 0. The zero-order chi connectivity index (χ0) is 14.8. The quantitative estimate of drug-likeness (QED) is 0.615. The first-order valence-corrected chi connectivity index (χ1v) is 7.13. The molecule has 0 unspecified atom stereocenters. The molecular formula is C17H18N4. The van der Waals surface area contributed by atoms with Crippen molar-refractivity contribution in [1.82, 2.24) is 9.55 Å². The lowest BCUT2D eigenvalue weighted by molar-refractivity contribution is 0.782. The molecule has 0 N–H and O–H groups in total. The zero-order valence-corrected chi connectivity index (χ0v) is 12.5. The predicted molar refractivity (Wildman–Crippen MR) is 85.5 cm³/mol. The Morgan fingerprint density at radius 1 is 1.05 bits per heavy atom. The highest BCUT2D eigenvalue weighted by Crippen LogP contribution is 2.25. The van der Waals surface area contributed by atoms with Gasteiger partial charge in [-0.15, -0.1) is 10.2 Å². The van der Waals surface area contributed by atoms with Crippen molar-refractivity contribution in [1.29, 1.82) is 0 Å². The van der Waals surface area contributed by atoms with Crippen LogP contribution in [0.3, 0.4) is 0 Å². The van der Waals surface area contributed by atoms with Crippen LogP contribution in [0.4, 0.5) is 11.6 Å². The van der Waals surface area contributed by atoms with E-state index in [0.717, 1.165) is 28.8 Å². The molecule has 0 spiro atoms. The van der Waals surface area contributed by atoms with Gasteiger partial charge in [0.1, 0.15) is 0 Å². The second kappa shape index (κ2) is 5.48. The Labute approximate surface area is 124 Å². The molecule has 1 aromatic heterocycles. The second-order valence-electron chi connectivity index (χ2n) is 5.13. The van der Waals surface area contributed by atoms with Crippen molar-refractivity contribution in [3.8, 4) is 0 Å². The SMILES string of the molecule is CCn1c(N=Nc2ccc(C)cc2C)nc2ccccc21. The average molecular weight is 278 g/mol. The highest BCUT2D eigenvalue weighted by Gasteiger charge is 2.08. The molecule has 1 heterocycles. The van der Waals surface area contributed by atoms with E-state index in [4.69, 9.17) is 0 Å². The summed E-state index contributed by atoms with van der Waals surface area (Å²) in [6, 6.07) is 14.2. The molecule has 106 valence electrons. The van der Waals surface area contributed by atoms with Crippen LogP contribution in [0.1, 0.15) is 18.1 Å². The van der Waals surface area contributed by atoms with Gasteiger partial charge in [-0.3, -0.25) is 0 Å². The summed E-state index contributed by atoms with van der Waals surface area (Å²) in [5, 5.41) is 8.71. The monoisotopic (exact) mass is 278 g/mol. The molecule has 0 radical (unpaired) electrons. The summed E-state index contributed by atoms with van der Waals surface area (Å²) < 4.78 is 2.07. The molecule has 0 fully saturated rings. The average Bonchev–Trinajstić information content (AvgIpc) is 2.83. The highest BCUT2D eigenvalue weighted by molar-refractivity contribution is 5.77. The van der Waals surface area contributed by atoms with Crippen LogP contribution in [0, 0.1) is 13.8 Å². The van der Waals surface area contributed by atoms with Crippen LogP contribution in [0.15, 0.2) is 52.7 Å². The molecule has 0 aliphatic rings. The van der Waals surface area contributed by atoms with Gasteiger partial charge in [0.2, 0.25) is 5.95 Å². The van der Waals surface area contributed by atoms with Gasteiger partial charge in [-0.2, -0.15) is 0 Å². The van der Waals surface area contributed by atoms with Gasteiger partial charge in [-0.25, -0.2) is 4.98 Å². The van der Waals surface area contributed by atoms with Gasteiger partial charge in [-0.1, -0.05) is 29.8 Å². The summed E-state index contributed by atoms with van der Waals surface area (Å²) in [7, 11) is 0. The van der Waals surface area contributed by atoms with Gasteiger partial charge >= 0.3 is 0 Å². The number of aryl methyl sites for hydroxylation is 3. The third-order valence-electron chi connectivity index (χ3n) is 3.55. The van der Waals surface area contributed by atoms with Gasteiger partial charge in [0.15, 0.2) is 0 Å². The minimum Gasteiger partial charge on any atom is -0.307 e. The fourth-order valence-electron chi connectivity index (χ4n) is 2.47. The summed E-state index contributed by atoms with van der Waals surface area (Å²) in [6.07, 6.45) is 0. The third-order valence-corrected chi connectivity index (χ3v) is 3.55. The van der Waals surface area contributed by atoms with Crippen molar-refractivity contribution in [2.75, 3.05) is 0 Å². The third kappa shape index (κ3) is 2.57. The van der Waals surface area contributed by atoms with E-state index in [1.165, 1.54) is 5.56 Å². The zero-order valence-electron chi connectivity index (χ0n) is 12.5. The van der Waals surface area contributed by atoms with Gasteiger partial charge in [0, 0.05) is 6.54 Å². The molecular weight excluding hydrogens is 260 g/mol. The van der Waals surface area contributed by atoms with E-state index in [1.54, 1.807) is 0 Å². The van der Waals surface area contributed by atoms with Crippen molar-refractivity contribution in [2.24, 2.45) is 10.2 Å². The van der Waals surface area contributed by atoms with Crippen LogP contribution in [0.25, 0.3) is 11.0 Å². The van der Waals surface area contributed by atoms with E-state index in [1.807, 2.05) is 37.3 Å². The number of para-hydroxylation sites is 2. The van der Waals surface area contributed by atoms with Crippen LogP contribution in [-0.2, 0) is 6.54 Å². The molecule has 21 heavy (non-hydrogen) atoms. The molecule has 3 aromatic rings. The summed E-state index contributed by atoms with van der Waals surface area (Å²) >= 11 is 0. The van der Waals surface area contributed by atoms with Crippen molar-refractivity contribution < 1.29 is 0 Å². The van der Waals surface area contributed by atoms with Crippen molar-refractivity contribution in [3.05, 3.63) is 53.6 Å². The predicted octanol–water partition coefficient (Wildman–Crippen LogP) is 5.09. The Morgan fingerprint density at radius 3 is 2.62 bits per heavy atom. The maximum Gasteiger partial charge on any atom is 0.250 e. The molecule has 0 saturated heterocycles. The minimum absolute atomic E-state index is 0.652. The summed E-state index contributed by atoms with van der Waals surface area (Å²) in [5.41, 5.74) is 5.28. The molecule has 0 saturated carbocycles. The molecule has 0 atom stereocenters. The van der Waals surface area contributed by atoms with Gasteiger partial charge in [0.25, 0.3) is 0 Å². The normalized spacial score (nSPS) is 11.6. The van der Waals surface area contributed by atoms with Crippen LogP contribution < -0.4 is 0 Å². The number of fused-ring (bicyclic) bond motifs is 1. The van der Waals surface area contributed by atoms with Crippen LogP contribution >= 0.6 is 0 Å². The number of hydrogen-bond acceptors (Lipinski definition) is 3. The first-order valence-electron chi connectivity index (χ1n) is 7.13. The van der Waals surface area contributed by atoms with E-state index >= 15 is 0 Å². The summed E-state index contributed by atoms with van der Waals surface area (Å²) in [5.74, 6) is 0.652. The number of aromatic nitrogens is 2. The minimum atomic E-state index is 0.652. The lowest BCUT2D eigenvalue weighted by atomic mass is 10.1. The number of imidazole rings is 1. The molecule has 3 rings (SSSR count). The first kappa shape index (κ1) is 13.5. The van der Waals surface area contributed by atoms with Crippen molar-refractivity contribution in [3.63, 3.8) is 0 Å². The molecule has 4 heteroatoms. The maximum atomic E-state index is 4.55. The summed E-state index contributed by atoms with van der Waals surface area (Å²) in [4.78, 5) is 4.55. The molecule has 0 aliphatic heterocycles. The largest absolute Gasteiger partial charge is 0.307 e. The molecule has 0 aliphatic carbocycles. The number of azo groups is 1. The van der Waals surface area contributed by atoms with E-state index in [9.17, 15) is 0 Å². The lowest BCUT2D eigenvalue weighted by Crippen LogP contribution is -1.92. The Bertz CT molecular complexity index is 815. The number of nitrogens with zero attached hydrogens (tertiary/aromatic N) is 4. The number of benzene rings is 2. The second-order valence-corrected chi connectivity index (χ2v) is 5.13. The number of rotatable bonds is 3. The fourth-order valence-corrected chi connectivity index (χ4v) is 2.47. The van der Waals surface area contributed by atoms with E-state index in [-0.39, 0.29) is 0 Å². The molecule has 4 nitrogen and oxygen atoms in total. The smallest absolute Gasteiger partial charge is 0.250 e. The van der Waals surface area contributed by atoms with Gasteiger partial charge < -0.3 is 4.57 Å². The Morgan fingerprint density at radius 2 is 1.86 bits per heavy atom. The molecule has 2 aromatic carbocycles. The topological polar surface area (TPSA) is 42.5 Å². The fraction of sp³-hybridized carbons (Fsp3) is 0.235. The highest BCUT2D eigenvalue weighted by atomic mass is 15.3. The maximum absolute atomic E-state index is 4.55. The van der Waals surface area contributed by atoms with Gasteiger partial charge in [-0.05, 0) is 44.5 Å². The van der Waals surface area contributed by atoms with Gasteiger partial charge in [0.05, 0.1) is 16.7 Å². The van der Waals surface area contributed by atoms with E-state index < -0.39 is 0 Å². The standard InChI is InChI=1S/C17H18N4/c1-4-21-16-8-6-5-7-15(16)18-17(21)20-19-14-10-9-12(2)11-13(14)3/h5-11H,4H2,1-3H3. The Hall–Kier alpha value is -2.49. The van der Waals surface area contributed by atoms with Crippen LogP contribution in [0.5, 0.6) is 0 Å². The van der Waals surface area contributed by atoms with E-state index in [0.29, 0.717) is 5.95 Å². The first-order chi connectivity index (χ1) is 10.2. The Balaban J connectivity index is 2.03. The van der Waals surface area contributed by atoms with Crippen LogP contribution in [-0.4, -0.2) is 9.55 Å². The molecule has 0 amide bonds. The van der Waals surface area contributed by atoms with Crippen molar-refractivity contribution in [2.45, 2.75) is 27.3 Å². The lowest BCUT2D eigenvalue weighted by Gasteiger charge is -2.02. The Kier molecular flexibility index (Phi) is 3.52. The van der Waals surface area contributed by atoms with E-state index in [2.05, 4.69) is 45.8 Å². The van der Waals surface area contributed by atoms with Crippen molar-refractivity contribution >= 4 is 22.7 Å². The van der Waals surface area contributed by atoms with Crippen LogP contribution in [0.2, 0.25) is 0 Å². The molecule has 0 bridgehead atoms. The summed E-state index contributed by atoms with van der Waals surface area (Å²) in [6.45, 7) is 7.03.